The molecule has 0 bridgehead atoms. The summed E-state index contributed by atoms with van der Waals surface area (Å²) in [7, 11) is 0. The minimum Gasteiger partial charge on any atom is -0.396 e. The fourth-order valence-electron chi connectivity index (χ4n) is 2.31. The number of aliphatic hydroxyl groups excluding tert-OH is 2. The second kappa shape index (κ2) is 16.7. The van der Waals surface area contributed by atoms with Crippen molar-refractivity contribution in [1.29, 1.82) is 0 Å². The van der Waals surface area contributed by atoms with Gasteiger partial charge in [-0.3, -0.25) is 0 Å². The van der Waals surface area contributed by atoms with Crippen molar-refractivity contribution in [2.75, 3.05) is 6.61 Å². The van der Waals surface area contributed by atoms with Gasteiger partial charge in [-0.15, -0.1) is 0 Å². The fraction of sp³-hybridized carbons (Fsp3) is 0.833. The molecule has 0 saturated heterocycles. The number of hydrogen-bond acceptors (Lipinski definition) is 2. The Morgan fingerprint density at radius 3 is 1.95 bits per heavy atom. The normalized spacial score (nSPS) is 13.2. The summed E-state index contributed by atoms with van der Waals surface area (Å²) in [5, 5.41) is 18.0. The molecule has 0 aliphatic carbocycles. The lowest BCUT2D eigenvalue weighted by Gasteiger charge is -2.07. The molecule has 0 saturated carbocycles. The molecule has 0 aromatic heterocycles. The third-order valence-corrected chi connectivity index (χ3v) is 3.64. The summed E-state index contributed by atoms with van der Waals surface area (Å²) in [5.41, 5.74) is 0. The monoisotopic (exact) mass is 283 g/mol. The van der Waals surface area contributed by atoms with Crippen LogP contribution in [0.2, 0.25) is 0 Å². The first-order valence-corrected chi connectivity index (χ1v) is 8.58. The van der Waals surface area contributed by atoms with E-state index in [4.69, 9.17) is 5.11 Å². The Bertz CT molecular complexity index is 202. The van der Waals surface area contributed by atoms with Crippen LogP contribution in [0.1, 0.15) is 84.0 Å². The van der Waals surface area contributed by atoms with Crippen molar-refractivity contribution < 1.29 is 10.2 Å². The lowest BCUT2D eigenvalue weighted by molar-refractivity contribution is 0.170. The van der Waals surface area contributed by atoms with Crippen molar-refractivity contribution in [3.8, 4) is 0 Å². The second-order valence-corrected chi connectivity index (χ2v) is 5.65. The summed E-state index contributed by atoms with van der Waals surface area (Å²) in [6.45, 7) is 2.23. The zero-order valence-corrected chi connectivity index (χ0v) is 13.4. The highest BCUT2D eigenvalue weighted by atomic mass is 16.3. The predicted octanol–water partition coefficient (Wildman–Crippen LogP) is 4.80. The van der Waals surface area contributed by atoms with Crippen LogP contribution in [0.5, 0.6) is 0 Å². The summed E-state index contributed by atoms with van der Waals surface area (Å²) in [6.07, 6.45) is 20.6. The van der Waals surface area contributed by atoms with Crippen LogP contribution in [0.15, 0.2) is 12.2 Å². The molecule has 2 heteroatoms. The first-order chi connectivity index (χ1) is 9.81. The maximum atomic E-state index is 9.40. The maximum absolute atomic E-state index is 9.40. The third kappa shape index (κ3) is 15.7. The number of unbranched alkanes of at least 4 members (excludes halogenated alkanes) is 9. The molecular weight excluding hydrogens is 248 g/mol. The molecule has 1 atom stereocenters. The van der Waals surface area contributed by atoms with Crippen LogP contribution in [0.4, 0.5) is 0 Å². The Kier molecular flexibility index (Phi) is 16.4. The molecule has 0 heterocycles. The minimum absolute atomic E-state index is 0.0254. The molecule has 0 aromatic carbocycles. The smallest absolute Gasteiger partial charge is 0.0594 e. The van der Waals surface area contributed by atoms with E-state index in [1.165, 1.54) is 51.4 Å². The summed E-state index contributed by atoms with van der Waals surface area (Å²) >= 11 is 0. The largest absolute Gasteiger partial charge is 0.396 e. The third-order valence-electron chi connectivity index (χ3n) is 3.64. The lowest BCUT2D eigenvalue weighted by Crippen LogP contribution is -2.09. The topological polar surface area (TPSA) is 40.5 Å². The predicted molar refractivity (Wildman–Crippen MR) is 87.6 cm³/mol. The van der Waals surface area contributed by atoms with Crippen molar-refractivity contribution in [2.45, 2.75) is 90.1 Å². The number of aliphatic hydroxyl groups is 2. The highest BCUT2D eigenvalue weighted by Crippen LogP contribution is 2.09. The van der Waals surface area contributed by atoms with Gasteiger partial charge in [0.15, 0.2) is 0 Å². The molecule has 0 spiro atoms. The number of allylic oxidation sites excluding steroid dienone is 2. The van der Waals surface area contributed by atoms with Gasteiger partial charge in [0.1, 0.15) is 0 Å². The summed E-state index contributed by atoms with van der Waals surface area (Å²) in [5.74, 6) is 0. The van der Waals surface area contributed by atoms with Crippen molar-refractivity contribution in [3.05, 3.63) is 18.6 Å². The standard InChI is InChI=1S/C18H35O2/c1-2-3-4-5-6-7-8-9-10-11-12-13-14-15-18(20)16-17-19/h9-10,16,18-20H,2-8,11-15,17H2,1H3. The van der Waals surface area contributed by atoms with E-state index in [1.54, 1.807) is 6.42 Å². The average Bonchev–Trinajstić information content (AvgIpc) is 2.44. The van der Waals surface area contributed by atoms with Crippen LogP contribution >= 0.6 is 0 Å². The second-order valence-electron chi connectivity index (χ2n) is 5.65. The van der Waals surface area contributed by atoms with Gasteiger partial charge in [0.05, 0.1) is 6.10 Å². The SMILES string of the molecule is CCCCCCCCC=CCCCCCC(O)[CH]CO. The van der Waals surface area contributed by atoms with E-state index in [-0.39, 0.29) is 6.61 Å². The van der Waals surface area contributed by atoms with E-state index in [2.05, 4.69) is 19.1 Å². The molecule has 0 rings (SSSR count). The Hall–Kier alpha value is -0.340. The van der Waals surface area contributed by atoms with Crippen LogP contribution in [-0.4, -0.2) is 22.9 Å². The van der Waals surface area contributed by atoms with E-state index in [9.17, 15) is 5.11 Å². The first-order valence-electron chi connectivity index (χ1n) is 8.58. The first kappa shape index (κ1) is 19.7. The molecule has 0 amide bonds. The van der Waals surface area contributed by atoms with Crippen molar-refractivity contribution in [1.82, 2.24) is 0 Å². The van der Waals surface area contributed by atoms with Gasteiger partial charge in [0, 0.05) is 13.0 Å². The Balaban J connectivity index is 3.12. The van der Waals surface area contributed by atoms with Gasteiger partial charge in [0.25, 0.3) is 0 Å². The van der Waals surface area contributed by atoms with Crippen LogP contribution in [0.3, 0.4) is 0 Å². The van der Waals surface area contributed by atoms with E-state index in [0.29, 0.717) is 0 Å². The van der Waals surface area contributed by atoms with Gasteiger partial charge in [-0.05, 0) is 32.1 Å². The maximum Gasteiger partial charge on any atom is 0.0594 e. The molecule has 0 aromatic rings. The molecule has 0 aliphatic rings. The molecule has 2 nitrogen and oxygen atoms in total. The van der Waals surface area contributed by atoms with E-state index >= 15 is 0 Å². The van der Waals surface area contributed by atoms with E-state index in [1.807, 2.05) is 0 Å². The van der Waals surface area contributed by atoms with Crippen LogP contribution in [0.25, 0.3) is 0 Å². The molecule has 1 unspecified atom stereocenters. The van der Waals surface area contributed by atoms with Crippen LogP contribution < -0.4 is 0 Å². The summed E-state index contributed by atoms with van der Waals surface area (Å²) in [4.78, 5) is 0. The highest BCUT2D eigenvalue weighted by Gasteiger charge is 2.01. The molecule has 20 heavy (non-hydrogen) atoms. The quantitative estimate of drug-likeness (QED) is 0.335. The zero-order valence-electron chi connectivity index (χ0n) is 13.4. The van der Waals surface area contributed by atoms with Gasteiger partial charge in [0.2, 0.25) is 0 Å². The van der Waals surface area contributed by atoms with Crippen molar-refractivity contribution in [3.63, 3.8) is 0 Å². The van der Waals surface area contributed by atoms with E-state index in [0.717, 1.165) is 25.7 Å². The fourth-order valence-corrected chi connectivity index (χ4v) is 2.31. The molecule has 2 N–H and O–H groups in total. The summed E-state index contributed by atoms with van der Waals surface area (Å²) in [6, 6.07) is 0. The molecule has 0 fully saturated rings. The highest BCUT2D eigenvalue weighted by molar-refractivity contribution is 4.81. The Morgan fingerprint density at radius 1 is 0.800 bits per heavy atom. The average molecular weight is 283 g/mol. The minimum atomic E-state index is -0.428. The van der Waals surface area contributed by atoms with E-state index < -0.39 is 6.10 Å². The van der Waals surface area contributed by atoms with Crippen LogP contribution in [-0.2, 0) is 0 Å². The van der Waals surface area contributed by atoms with Gasteiger partial charge in [-0.25, -0.2) is 0 Å². The number of rotatable bonds is 15. The lowest BCUT2D eigenvalue weighted by atomic mass is 10.1. The molecule has 119 valence electrons. The van der Waals surface area contributed by atoms with Gasteiger partial charge in [-0.2, -0.15) is 0 Å². The Morgan fingerprint density at radius 2 is 1.35 bits per heavy atom. The zero-order chi connectivity index (χ0) is 14.9. The molecule has 1 radical (unpaired) electrons. The van der Waals surface area contributed by atoms with Crippen LogP contribution in [0, 0.1) is 6.42 Å². The van der Waals surface area contributed by atoms with Crippen molar-refractivity contribution >= 4 is 0 Å². The molecule has 0 aliphatic heterocycles. The van der Waals surface area contributed by atoms with Gasteiger partial charge in [-0.1, -0.05) is 64.0 Å². The molecular formula is C18H35O2. The van der Waals surface area contributed by atoms with Gasteiger partial charge >= 0.3 is 0 Å². The Labute approximate surface area is 126 Å². The van der Waals surface area contributed by atoms with Crippen molar-refractivity contribution in [2.24, 2.45) is 0 Å². The number of hydrogen-bond donors (Lipinski definition) is 2. The summed E-state index contributed by atoms with van der Waals surface area (Å²) < 4.78 is 0. The van der Waals surface area contributed by atoms with Gasteiger partial charge < -0.3 is 10.2 Å².